The molecule has 0 spiro atoms. The van der Waals surface area contributed by atoms with Crippen LogP contribution in [0.4, 0.5) is 26.3 Å². The zero-order valence-electron chi connectivity index (χ0n) is 22.1. The minimum atomic E-state index is -1.10. The van der Waals surface area contributed by atoms with Crippen molar-refractivity contribution < 1.29 is 31.1 Å². The smallest absolute Gasteiger partial charge is 0.161 e. The van der Waals surface area contributed by atoms with Crippen molar-refractivity contribution in [2.24, 2.45) is 5.92 Å². The van der Waals surface area contributed by atoms with Gasteiger partial charge in [0.15, 0.2) is 5.83 Å². The van der Waals surface area contributed by atoms with Gasteiger partial charge in [-0.2, -0.15) is 0 Å². The number of hydrogen-bond acceptors (Lipinski definition) is 1. The first-order valence-corrected chi connectivity index (χ1v) is 13.4. The lowest BCUT2D eigenvalue weighted by Crippen LogP contribution is -2.21. The summed E-state index contributed by atoms with van der Waals surface area (Å²) in [6, 6.07) is 10.7. The van der Waals surface area contributed by atoms with E-state index in [4.69, 9.17) is 4.74 Å². The van der Waals surface area contributed by atoms with Crippen LogP contribution in [0.5, 0.6) is 0 Å². The average Bonchev–Trinajstić information content (AvgIpc) is 2.93. The first-order chi connectivity index (χ1) is 18.7. The molecule has 208 valence electrons. The van der Waals surface area contributed by atoms with Crippen LogP contribution in [-0.4, -0.2) is 6.61 Å². The van der Waals surface area contributed by atoms with E-state index in [1.165, 1.54) is 37.3 Å². The molecule has 1 aliphatic heterocycles. The van der Waals surface area contributed by atoms with Crippen molar-refractivity contribution in [3.05, 3.63) is 99.9 Å². The van der Waals surface area contributed by atoms with E-state index in [0.717, 1.165) is 12.5 Å². The van der Waals surface area contributed by atoms with Crippen LogP contribution in [0.1, 0.15) is 74.3 Å². The molecule has 0 aromatic heterocycles. The first-order valence-electron chi connectivity index (χ1n) is 13.4. The van der Waals surface area contributed by atoms with Gasteiger partial charge in [-0.25, -0.2) is 26.3 Å². The van der Waals surface area contributed by atoms with E-state index in [9.17, 15) is 26.3 Å². The Bertz CT molecular complexity index is 1320. The van der Waals surface area contributed by atoms with E-state index in [-0.39, 0.29) is 35.1 Å². The maximum atomic E-state index is 14.9. The van der Waals surface area contributed by atoms with Crippen LogP contribution in [-0.2, 0) is 17.6 Å². The van der Waals surface area contributed by atoms with Crippen molar-refractivity contribution in [1.29, 1.82) is 0 Å². The second-order valence-corrected chi connectivity index (χ2v) is 10.1. The second-order valence-electron chi connectivity index (χ2n) is 10.1. The summed E-state index contributed by atoms with van der Waals surface area (Å²) in [5.41, 5.74) is 1.28. The van der Waals surface area contributed by atoms with Crippen molar-refractivity contribution in [3.63, 3.8) is 0 Å². The van der Waals surface area contributed by atoms with E-state index >= 15 is 0 Å². The molecule has 2 atom stereocenters. The summed E-state index contributed by atoms with van der Waals surface area (Å²) in [6.45, 7) is 3.74. The molecule has 0 amide bonds. The van der Waals surface area contributed by atoms with E-state index in [1.807, 2.05) is 6.92 Å². The third-order valence-corrected chi connectivity index (χ3v) is 7.36. The summed E-state index contributed by atoms with van der Waals surface area (Å²) in [4.78, 5) is 0. The Balaban J connectivity index is 1.35. The highest BCUT2D eigenvalue weighted by Gasteiger charge is 2.25. The van der Waals surface area contributed by atoms with Gasteiger partial charge in [-0.1, -0.05) is 44.5 Å². The molecule has 2 unspecified atom stereocenters. The topological polar surface area (TPSA) is 9.23 Å². The fraction of sp³-hybridized carbons (Fsp3) is 0.375. The number of allylic oxidation sites excluding steroid dienone is 1. The highest BCUT2D eigenvalue weighted by molar-refractivity contribution is 5.69. The summed E-state index contributed by atoms with van der Waals surface area (Å²) in [5, 5.41) is 0. The van der Waals surface area contributed by atoms with Crippen LogP contribution in [0.25, 0.3) is 17.0 Å². The molecule has 0 aliphatic carbocycles. The van der Waals surface area contributed by atoms with Crippen LogP contribution >= 0.6 is 0 Å². The number of ether oxygens (including phenoxy) is 1. The van der Waals surface area contributed by atoms with Crippen molar-refractivity contribution in [2.75, 3.05) is 6.61 Å². The van der Waals surface area contributed by atoms with Gasteiger partial charge >= 0.3 is 0 Å². The Labute approximate surface area is 225 Å². The molecule has 1 heterocycles. The molecule has 1 fully saturated rings. The lowest BCUT2D eigenvalue weighted by atomic mass is 9.89. The maximum Gasteiger partial charge on any atom is 0.161 e. The fourth-order valence-corrected chi connectivity index (χ4v) is 5.07. The summed E-state index contributed by atoms with van der Waals surface area (Å²) < 4.78 is 91.7. The third kappa shape index (κ3) is 6.75. The predicted octanol–water partition coefficient (Wildman–Crippen LogP) is 9.98. The van der Waals surface area contributed by atoms with Gasteiger partial charge in [-0.05, 0) is 85.4 Å². The highest BCUT2D eigenvalue weighted by atomic mass is 19.2. The van der Waals surface area contributed by atoms with E-state index in [1.54, 1.807) is 12.1 Å². The van der Waals surface area contributed by atoms with Gasteiger partial charge in [0.1, 0.15) is 29.1 Å². The van der Waals surface area contributed by atoms with Crippen molar-refractivity contribution in [2.45, 2.75) is 64.9 Å². The molecule has 39 heavy (non-hydrogen) atoms. The zero-order chi connectivity index (χ0) is 28.1. The predicted molar refractivity (Wildman–Crippen MR) is 141 cm³/mol. The van der Waals surface area contributed by atoms with Crippen molar-refractivity contribution >= 4 is 5.83 Å². The minimum absolute atomic E-state index is 0.0937. The van der Waals surface area contributed by atoms with Crippen LogP contribution < -0.4 is 0 Å². The third-order valence-electron chi connectivity index (χ3n) is 7.36. The first kappa shape index (κ1) is 28.9. The molecule has 1 saturated heterocycles. The zero-order valence-corrected chi connectivity index (χ0v) is 22.1. The monoisotopic (exact) mass is 546 g/mol. The van der Waals surface area contributed by atoms with Crippen LogP contribution in [0, 0.1) is 29.2 Å². The van der Waals surface area contributed by atoms with Crippen molar-refractivity contribution in [1.82, 2.24) is 0 Å². The Hall–Kier alpha value is -3.06. The lowest BCUT2D eigenvalue weighted by molar-refractivity contribution is -0.0195. The highest BCUT2D eigenvalue weighted by Crippen LogP contribution is 2.35. The Morgan fingerprint density at radius 3 is 2.15 bits per heavy atom. The molecule has 1 aliphatic rings. The summed E-state index contributed by atoms with van der Waals surface area (Å²) in [5.74, 6) is -4.22. The number of aryl methyl sites for hydroxylation is 1. The Morgan fingerprint density at radius 1 is 0.821 bits per heavy atom. The van der Waals surface area contributed by atoms with Gasteiger partial charge in [0.05, 0.1) is 12.7 Å². The number of benzene rings is 3. The number of rotatable bonds is 9. The molecule has 3 aromatic rings. The van der Waals surface area contributed by atoms with E-state index in [0.29, 0.717) is 55.4 Å². The fourth-order valence-electron chi connectivity index (χ4n) is 5.07. The molecular formula is C32H32F6O. The summed E-state index contributed by atoms with van der Waals surface area (Å²) >= 11 is 0. The molecule has 0 bridgehead atoms. The van der Waals surface area contributed by atoms with Crippen LogP contribution in [0.3, 0.4) is 0 Å². The normalized spacial score (nSPS) is 18.3. The molecule has 4 rings (SSSR count). The van der Waals surface area contributed by atoms with Crippen molar-refractivity contribution in [3.8, 4) is 11.1 Å². The Morgan fingerprint density at radius 2 is 1.56 bits per heavy atom. The van der Waals surface area contributed by atoms with Gasteiger partial charge in [0.25, 0.3) is 0 Å². The molecule has 3 aromatic carbocycles. The van der Waals surface area contributed by atoms with E-state index < -0.39 is 34.9 Å². The van der Waals surface area contributed by atoms with Gasteiger partial charge in [-0.3, -0.25) is 0 Å². The number of hydrogen-bond donors (Lipinski definition) is 0. The molecular weight excluding hydrogens is 514 g/mol. The SMILES string of the molecule is CCCc1c(F)cc(C2CCC(CCc3ccc(-c4ccc(/C(F)=C(\F)CC)cc4F)cc3F)CO2)cc1F. The lowest BCUT2D eigenvalue weighted by Gasteiger charge is -2.29. The van der Waals surface area contributed by atoms with E-state index in [2.05, 4.69) is 0 Å². The number of halogens is 6. The van der Waals surface area contributed by atoms with Crippen LogP contribution in [0.2, 0.25) is 0 Å². The largest absolute Gasteiger partial charge is 0.373 e. The van der Waals surface area contributed by atoms with Crippen LogP contribution in [0.15, 0.2) is 54.4 Å². The summed E-state index contributed by atoms with van der Waals surface area (Å²) in [7, 11) is 0. The van der Waals surface area contributed by atoms with Gasteiger partial charge in [0, 0.05) is 16.7 Å². The minimum Gasteiger partial charge on any atom is -0.373 e. The van der Waals surface area contributed by atoms with Gasteiger partial charge in [0.2, 0.25) is 0 Å². The summed E-state index contributed by atoms with van der Waals surface area (Å²) in [6.07, 6.45) is 3.01. The standard InChI is InChI=1S/C32H32F6O/c1-3-5-25-29(36)16-23(17-30(25)37)31-13-7-19(18-39-31)6-8-20-9-10-21(14-27(20)34)24-12-11-22(15-28(24)35)32(38)26(33)4-2/h9-12,14-17,19,31H,3-8,13,18H2,1-2H3/b32-26+. The molecule has 0 N–H and O–H groups in total. The molecule has 0 saturated carbocycles. The maximum absolute atomic E-state index is 14.9. The van der Waals surface area contributed by atoms with Gasteiger partial charge < -0.3 is 4.74 Å². The Kier molecular flexibility index (Phi) is 9.54. The molecule has 7 heteroatoms. The molecule has 0 radical (unpaired) electrons. The van der Waals surface area contributed by atoms with Gasteiger partial charge in [-0.15, -0.1) is 0 Å². The quantitative estimate of drug-likeness (QED) is 0.243. The average molecular weight is 547 g/mol. The molecule has 1 nitrogen and oxygen atoms in total. The second kappa shape index (κ2) is 12.9.